The summed E-state index contributed by atoms with van der Waals surface area (Å²) in [4.78, 5) is 57.3. The van der Waals surface area contributed by atoms with Crippen LogP contribution < -0.4 is 20.3 Å². The summed E-state index contributed by atoms with van der Waals surface area (Å²) < 4.78 is 10.7. The molecule has 0 unspecified atom stereocenters. The summed E-state index contributed by atoms with van der Waals surface area (Å²) in [6, 6.07) is 4.59. The fourth-order valence-electron chi connectivity index (χ4n) is 5.53. The van der Waals surface area contributed by atoms with E-state index >= 15 is 0 Å². The number of ether oxygens (including phenoxy) is 2. The fourth-order valence-corrected chi connectivity index (χ4v) is 5.53. The molecule has 5 amide bonds. The molecule has 1 aromatic carbocycles. The summed E-state index contributed by atoms with van der Waals surface area (Å²) in [6.45, 7) is 13.2. The zero-order valence-electron chi connectivity index (χ0n) is 24.7. The number of carbonyl (C=O) groups is 4. The zero-order chi connectivity index (χ0) is 29.6. The molecule has 2 N–H and O–H groups in total. The van der Waals surface area contributed by atoms with E-state index in [1.165, 1.54) is 12.0 Å². The predicted octanol–water partition coefficient (Wildman–Crippen LogP) is 2.14. The van der Waals surface area contributed by atoms with Crippen LogP contribution in [-0.2, 0) is 9.53 Å². The van der Waals surface area contributed by atoms with E-state index in [1.807, 2.05) is 25.7 Å². The highest BCUT2D eigenvalue weighted by Gasteiger charge is 2.29. The molecule has 12 nitrogen and oxygen atoms in total. The van der Waals surface area contributed by atoms with Crippen molar-refractivity contribution in [1.82, 2.24) is 25.3 Å². The molecule has 3 fully saturated rings. The van der Waals surface area contributed by atoms with Crippen molar-refractivity contribution < 1.29 is 28.7 Å². The number of hydrogen-bond donors (Lipinski definition) is 2. The lowest BCUT2D eigenvalue weighted by atomic mass is 9.96. The summed E-state index contributed by atoms with van der Waals surface area (Å²) in [5, 5.41) is 5.16. The fraction of sp³-hybridized carbons (Fsp3) is 0.655. The molecule has 0 atom stereocenters. The summed E-state index contributed by atoms with van der Waals surface area (Å²) in [5.41, 5.74) is 0.484. The van der Waals surface area contributed by atoms with E-state index in [9.17, 15) is 19.2 Å². The van der Waals surface area contributed by atoms with Crippen molar-refractivity contribution in [3.63, 3.8) is 0 Å². The summed E-state index contributed by atoms with van der Waals surface area (Å²) in [7, 11) is 1.51. The lowest BCUT2D eigenvalue weighted by molar-refractivity contribution is -0.120. The molecular formula is C29H44N6O6. The number of amides is 5. The highest BCUT2D eigenvalue weighted by atomic mass is 16.6. The second kappa shape index (κ2) is 13.5. The van der Waals surface area contributed by atoms with Crippen LogP contribution in [0.1, 0.15) is 50.4 Å². The quantitative estimate of drug-likeness (QED) is 0.486. The van der Waals surface area contributed by atoms with Crippen LogP contribution in [0.5, 0.6) is 5.75 Å². The number of rotatable bonds is 8. The summed E-state index contributed by atoms with van der Waals surface area (Å²) in [6.07, 6.45) is 2.06. The number of nitrogens with one attached hydrogen (secondary N) is 2. The molecule has 0 aliphatic carbocycles. The summed E-state index contributed by atoms with van der Waals surface area (Å²) >= 11 is 0. The van der Waals surface area contributed by atoms with Gasteiger partial charge in [-0.05, 0) is 70.8 Å². The van der Waals surface area contributed by atoms with E-state index in [2.05, 4.69) is 20.4 Å². The Morgan fingerprint density at radius 3 is 2.34 bits per heavy atom. The van der Waals surface area contributed by atoms with Crippen LogP contribution in [0.3, 0.4) is 0 Å². The number of nitrogens with zero attached hydrogens (tertiary/aromatic N) is 4. The Morgan fingerprint density at radius 1 is 1.00 bits per heavy atom. The SMILES string of the molecule is COc1ccc(C(=O)N2CCN(CC3CCN(CCNC(=O)OC(C)(C)C)CC3)CC2)cc1N1CCC(=O)NC1=O. The molecule has 0 radical (unpaired) electrons. The monoisotopic (exact) mass is 572 g/mol. The number of imide groups is 1. The number of likely N-dealkylation sites (tertiary alicyclic amines) is 1. The van der Waals surface area contributed by atoms with Crippen LogP contribution in [0.15, 0.2) is 18.2 Å². The number of carbonyl (C=O) groups excluding carboxylic acids is 4. The molecular weight excluding hydrogens is 528 g/mol. The third-order valence-electron chi connectivity index (χ3n) is 7.75. The molecule has 4 rings (SSSR count). The van der Waals surface area contributed by atoms with Crippen LogP contribution in [0.25, 0.3) is 0 Å². The van der Waals surface area contributed by atoms with Crippen LogP contribution in [0.2, 0.25) is 0 Å². The Balaban J connectivity index is 1.20. The van der Waals surface area contributed by atoms with E-state index in [1.54, 1.807) is 18.2 Å². The van der Waals surface area contributed by atoms with Gasteiger partial charge >= 0.3 is 12.1 Å². The standard InChI is InChI=1S/C29H44N6O6/c1-29(2,3)41-28(39)30-10-14-32-11-7-21(8-12-32)20-33-15-17-34(18-16-33)26(37)22-5-6-24(40-4)23(19-22)35-13-9-25(36)31-27(35)38/h5-6,19,21H,7-18,20H2,1-4H3,(H,30,39)(H,31,36,38). The molecule has 3 heterocycles. The van der Waals surface area contributed by atoms with E-state index in [0.717, 1.165) is 52.1 Å². The van der Waals surface area contributed by atoms with E-state index in [-0.39, 0.29) is 30.9 Å². The highest BCUT2D eigenvalue weighted by Crippen LogP contribution is 2.31. The Labute approximate surface area is 242 Å². The Bertz CT molecular complexity index is 1110. The smallest absolute Gasteiger partial charge is 0.407 e. The predicted molar refractivity (Wildman–Crippen MR) is 154 cm³/mol. The van der Waals surface area contributed by atoms with E-state index in [0.29, 0.717) is 42.6 Å². The van der Waals surface area contributed by atoms with Crippen molar-refractivity contribution in [3.8, 4) is 5.75 Å². The van der Waals surface area contributed by atoms with Gasteiger partial charge in [0.15, 0.2) is 0 Å². The van der Waals surface area contributed by atoms with Gasteiger partial charge in [-0.2, -0.15) is 0 Å². The molecule has 12 heteroatoms. The normalized spacial score (nSPS) is 19.6. The number of alkyl carbamates (subject to hydrolysis) is 1. The van der Waals surface area contributed by atoms with Crippen LogP contribution in [-0.4, -0.2) is 117 Å². The first kappa shape index (κ1) is 30.6. The van der Waals surface area contributed by atoms with Gasteiger partial charge in [-0.1, -0.05) is 0 Å². The number of anilines is 1. The van der Waals surface area contributed by atoms with Crippen molar-refractivity contribution in [2.75, 3.05) is 77.5 Å². The molecule has 0 spiro atoms. The Hall–Kier alpha value is -3.38. The molecule has 226 valence electrons. The maximum absolute atomic E-state index is 13.4. The molecule has 0 saturated carbocycles. The van der Waals surface area contributed by atoms with Gasteiger partial charge in [-0.3, -0.25) is 24.7 Å². The van der Waals surface area contributed by atoms with Gasteiger partial charge in [0.25, 0.3) is 5.91 Å². The first-order valence-electron chi connectivity index (χ1n) is 14.5. The van der Waals surface area contributed by atoms with Gasteiger partial charge in [0.05, 0.1) is 12.8 Å². The van der Waals surface area contributed by atoms with Gasteiger partial charge in [0.2, 0.25) is 5.91 Å². The molecule has 41 heavy (non-hydrogen) atoms. The topological polar surface area (TPSA) is 124 Å². The number of hydrogen-bond acceptors (Lipinski definition) is 8. The van der Waals surface area contributed by atoms with Crippen molar-refractivity contribution in [1.29, 1.82) is 0 Å². The maximum Gasteiger partial charge on any atom is 0.407 e. The molecule has 0 bridgehead atoms. The largest absolute Gasteiger partial charge is 0.495 e. The second-order valence-electron chi connectivity index (χ2n) is 11.9. The van der Waals surface area contributed by atoms with Crippen molar-refractivity contribution in [2.24, 2.45) is 5.92 Å². The van der Waals surface area contributed by atoms with Gasteiger partial charge in [0.1, 0.15) is 11.4 Å². The third kappa shape index (κ3) is 8.56. The molecule has 3 aliphatic heterocycles. The zero-order valence-corrected chi connectivity index (χ0v) is 24.7. The maximum atomic E-state index is 13.4. The lowest BCUT2D eigenvalue weighted by Gasteiger charge is -2.39. The average Bonchev–Trinajstić information content (AvgIpc) is 2.93. The highest BCUT2D eigenvalue weighted by molar-refractivity contribution is 6.07. The van der Waals surface area contributed by atoms with Gasteiger partial charge in [0, 0.05) is 64.3 Å². The van der Waals surface area contributed by atoms with Gasteiger partial charge in [-0.15, -0.1) is 0 Å². The first-order valence-corrected chi connectivity index (χ1v) is 14.5. The number of methoxy groups -OCH3 is 1. The minimum atomic E-state index is -0.513. The third-order valence-corrected chi connectivity index (χ3v) is 7.75. The van der Waals surface area contributed by atoms with Crippen LogP contribution in [0, 0.1) is 5.92 Å². The molecule has 1 aromatic rings. The van der Waals surface area contributed by atoms with Crippen molar-refractivity contribution in [2.45, 2.75) is 45.6 Å². The second-order valence-corrected chi connectivity index (χ2v) is 11.9. The lowest BCUT2D eigenvalue weighted by Crippen LogP contribution is -2.51. The molecule has 3 saturated heterocycles. The number of urea groups is 1. The van der Waals surface area contributed by atoms with E-state index < -0.39 is 11.6 Å². The van der Waals surface area contributed by atoms with Gasteiger partial charge < -0.3 is 24.6 Å². The van der Waals surface area contributed by atoms with Crippen LogP contribution in [0.4, 0.5) is 15.3 Å². The number of piperidine rings is 1. The molecule has 0 aromatic heterocycles. The number of piperazine rings is 1. The Morgan fingerprint density at radius 2 is 1.71 bits per heavy atom. The van der Waals surface area contributed by atoms with Crippen LogP contribution >= 0.6 is 0 Å². The first-order chi connectivity index (χ1) is 19.5. The van der Waals surface area contributed by atoms with Crippen molar-refractivity contribution >= 4 is 29.6 Å². The molecule has 3 aliphatic rings. The number of benzene rings is 1. The summed E-state index contributed by atoms with van der Waals surface area (Å²) in [5.74, 6) is 0.712. The average molecular weight is 573 g/mol. The minimum absolute atomic E-state index is 0.0738. The van der Waals surface area contributed by atoms with Gasteiger partial charge in [-0.25, -0.2) is 9.59 Å². The van der Waals surface area contributed by atoms with E-state index in [4.69, 9.17) is 9.47 Å². The Kier molecular flexibility index (Phi) is 10.1. The minimum Gasteiger partial charge on any atom is -0.495 e. The van der Waals surface area contributed by atoms with Crippen molar-refractivity contribution in [3.05, 3.63) is 23.8 Å².